The van der Waals surface area contributed by atoms with Crippen molar-refractivity contribution < 1.29 is 22.8 Å². The maximum atomic E-state index is 12.7. The Morgan fingerprint density at radius 2 is 1.92 bits per heavy atom. The summed E-state index contributed by atoms with van der Waals surface area (Å²) in [6.07, 6.45) is 0.333. The first-order valence-electron chi connectivity index (χ1n) is 7.47. The van der Waals surface area contributed by atoms with Crippen LogP contribution in [-0.4, -0.2) is 17.6 Å². The highest BCUT2D eigenvalue weighted by Crippen LogP contribution is 2.30. The van der Waals surface area contributed by atoms with Gasteiger partial charge >= 0.3 is 6.18 Å². The number of thiol groups is 1. The highest BCUT2D eigenvalue weighted by atomic mass is 32.1. The first kappa shape index (κ1) is 20.3. The maximum Gasteiger partial charge on any atom is 0.416 e. The summed E-state index contributed by atoms with van der Waals surface area (Å²) in [5, 5.41) is 2.54. The number of primary amides is 1. The summed E-state index contributed by atoms with van der Waals surface area (Å²) in [5.74, 6) is -0.506. The van der Waals surface area contributed by atoms with E-state index >= 15 is 0 Å². The van der Waals surface area contributed by atoms with Gasteiger partial charge < -0.3 is 11.1 Å². The summed E-state index contributed by atoms with van der Waals surface area (Å²) in [4.78, 5) is 23.0. The van der Waals surface area contributed by atoms with Gasteiger partial charge in [-0.1, -0.05) is 18.9 Å². The van der Waals surface area contributed by atoms with E-state index in [1.165, 1.54) is 6.42 Å². The van der Waals surface area contributed by atoms with Crippen molar-refractivity contribution in [2.75, 3.05) is 5.75 Å². The topological polar surface area (TPSA) is 72.2 Å². The molecule has 1 rings (SSSR count). The largest absolute Gasteiger partial charge is 0.416 e. The van der Waals surface area contributed by atoms with Crippen LogP contribution in [0.1, 0.15) is 47.2 Å². The molecule has 8 heteroatoms. The number of unbranched alkanes of at least 4 members (excludes halogenated alkanes) is 3. The highest BCUT2D eigenvalue weighted by Gasteiger charge is 2.31. The third-order valence-corrected chi connectivity index (χ3v) is 3.66. The van der Waals surface area contributed by atoms with Gasteiger partial charge in [0.15, 0.2) is 0 Å². The number of hydrogen-bond donors (Lipinski definition) is 3. The van der Waals surface area contributed by atoms with Crippen LogP contribution in [0.25, 0.3) is 0 Å². The van der Waals surface area contributed by atoms with Crippen LogP contribution in [0.2, 0.25) is 0 Å². The fourth-order valence-corrected chi connectivity index (χ4v) is 2.28. The number of benzene rings is 1. The second-order valence-corrected chi connectivity index (χ2v) is 5.68. The third-order valence-electron chi connectivity index (χ3n) is 3.35. The Bertz CT molecular complexity index is 577. The Kier molecular flexibility index (Phi) is 8.10. The first-order chi connectivity index (χ1) is 11.3. The molecule has 0 bridgehead atoms. The lowest BCUT2D eigenvalue weighted by molar-refractivity contribution is -0.137. The molecule has 133 valence electrons. The van der Waals surface area contributed by atoms with E-state index in [4.69, 9.17) is 5.73 Å². The molecular formula is C16H20F3N2O2S. The molecule has 0 atom stereocenters. The molecule has 4 nitrogen and oxygen atoms in total. The summed E-state index contributed by atoms with van der Waals surface area (Å²) in [6, 6.07) is 2.70. The van der Waals surface area contributed by atoms with E-state index in [1.54, 1.807) is 0 Å². The number of rotatable bonds is 9. The summed E-state index contributed by atoms with van der Waals surface area (Å²) in [7, 11) is 0. The molecule has 0 spiro atoms. The quantitative estimate of drug-likeness (QED) is 0.467. The Balaban J connectivity index is 2.61. The van der Waals surface area contributed by atoms with Crippen LogP contribution in [0.5, 0.6) is 0 Å². The van der Waals surface area contributed by atoms with Crippen LogP contribution < -0.4 is 11.1 Å². The number of hydrogen-bond acceptors (Lipinski definition) is 3. The lowest BCUT2D eigenvalue weighted by Crippen LogP contribution is -2.25. The van der Waals surface area contributed by atoms with E-state index in [0.29, 0.717) is 12.5 Å². The van der Waals surface area contributed by atoms with Crippen LogP contribution >= 0.6 is 12.6 Å². The Morgan fingerprint density at radius 3 is 2.50 bits per heavy atom. The van der Waals surface area contributed by atoms with Crippen LogP contribution in [0, 0.1) is 6.42 Å². The fourth-order valence-electron chi connectivity index (χ4n) is 2.06. The molecular weight excluding hydrogens is 341 g/mol. The zero-order valence-corrected chi connectivity index (χ0v) is 13.9. The van der Waals surface area contributed by atoms with E-state index in [0.717, 1.165) is 37.1 Å². The molecule has 1 radical (unpaired) electrons. The monoisotopic (exact) mass is 361 g/mol. The van der Waals surface area contributed by atoms with Crippen molar-refractivity contribution >= 4 is 24.4 Å². The first-order valence-corrected chi connectivity index (χ1v) is 8.10. The average molecular weight is 361 g/mol. The van der Waals surface area contributed by atoms with Gasteiger partial charge in [0.1, 0.15) is 0 Å². The Labute approximate surface area is 144 Å². The second-order valence-electron chi connectivity index (χ2n) is 5.23. The van der Waals surface area contributed by atoms with E-state index in [2.05, 4.69) is 17.9 Å². The highest BCUT2D eigenvalue weighted by molar-refractivity contribution is 7.80. The van der Waals surface area contributed by atoms with Crippen molar-refractivity contribution in [3.8, 4) is 0 Å². The number of nitrogens with one attached hydrogen (secondary N) is 1. The molecule has 2 amide bonds. The van der Waals surface area contributed by atoms with Crippen molar-refractivity contribution in [3.63, 3.8) is 0 Å². The number of carbonyl (C=O) groups excluding carboxylic acids is 2. The summed E-state index contributed by atoms with van der Waals surface area (Å²) >= 11 is 4.09. The second kappa shape index (κ2) is 9.56. The normalized spacial score (nSPS) is 11.3. The van der Waals surface area contributed by atoms with Crippen LogP contribution in [0.15, 0.2) is 18.2 Å². The van der Waals surface area contributed by atoms with Gasteiger partial charge in [-0.05, 0) is 36.3 Å². The third kappa shape index (κ3) is 6.82. The number of alkyl halides is 3. The SMILES string of the molecule is NC(=O)c1cc(C(F)(F)F)ccc1CNC(=O)[CH]CCCCCS. The standard InChI is InChI=1S/C16H20F3N2O2S/c17-16(18,19)12-7-6-11(13(9-12)15(20)23)10-21-14(22)5-3-1-2-4-8-24/h5-7,9,24H,1-4,8,10H2,(H2,20,23)(H,21,22). The van der Waals surface area contributed by atoms with Gasteiger partial charge in [-0.2, -0.15) is 25.8 Å². The zero-order valence-electron chi connectivity index (χ0n) is 13.0. The van der Waals surface area contributed by atoms with Crippen LogP contribution in [-0.2, 0) is 17.5 Å². The minimum absolute atomic E-state index is 0.0671. The van der Waals surface area contributed by atoms with Crippen molar-refractivity contribution in [1.29, 1.82) is 0 Å². The lowest BCUT2D eigenvalue weighted by atomic mass is 10.0. The molecule has 0 heterocycles. The van der Waals surface area contributed by atoms with Crippen molar-refractivity contribution in [2.24, 2.45) is 5.73 Å². The molecule has 0 aromatic heterocycles. The smallest absolute Gasteiger partial charge is 0.366 e. The van der Waals surface area contributed by atoms with Crippen molar-refractivity contribution in [3.05, 3.63) is 41.3 Å². The molecule has 0 aliphatic rings. The summed E-state index contributed by atoms with van der Waals surface area (Å²) in [5.41, 5.74) is 4.16. The van der Waals surface area contributed by atoms with Gasteiger partial charge in [0.2, 0.25) is 11.8 Å². The van der Waals surface area contributed by atoms with Gasteiger partial charge in [0.25, 0.3) is 0 Å². The molecule has 0 fully saturated rings. The molecule has 24 heavy (non-hydrogen) atoms. The van der Waals surface area contributed by atoms with Crippen molar-refractivity contribution in [2.45, 2.75) is 38.4 Å². The number of halogens is 3. The van der Waals surface area contributed by atoms with E-state index in [-0.39, 0.29) is 23.6 Å². The predicted molar refractivity (Wildman–Crippen MR) is 88.4 cm³/mol. The fraction of sp³-hybridized carbons (Fsp3) is 0.438. The van der Waals surface area contributed by atoms with Gasteiger partial charge in [0.05, 0.1) is 5.56 Å². The number of amides is 2. The zero-order chi connectivity index (χ0) is 18.2. The van der Waals surface area contributed by atoms with Gasteiger partial charge in [0, 0.05) is 18.5 Å². The van der Waals surface area contributed by atoms with Crippen LogP contribution in [0.4, 0.5) is 13.2 Å². The van der Waals surface area contributed by atoms with Gasteiger partial charge in [-0.25, -0.2) is 0 Å². The number of carbonyl (C=O) groups is 2. The van der Waals surface area contributed by atoms with E-state index in [1.807, 2.05) is 0 Å². The molecule has 1 aromatic carbocycles. The minimum atomic E-state index is -4.56. The van der Waals surface area contributed by atoms with Crippen molar-refractivity contribution in [1.82, 2.24) is 5.32 Å². The average Bonchev–Trinajstić information content (AvgIpc) is 2.51. The Morgan fingerprint density at radius 1 is 1.21 bits per heavy atom. The molecule has 0 saturated heterocycles. The molecule has 0 aliphatic carbocycles. The molecule has 0 aliphatic heterocycles. The maximum absolute atomic E-state index is 12.7. The minimum Gasteiger partial charge on any atom is -0.366 e. The van der Waals surface area contributed by atoms with E-state index in [9.17, 15) is 22.8 Å². The lowest BCUT2D eigenvalue weighted by Gasteiger charge is -2.12. The Hall–Kier alpha value is -1.70. The predicted octanol–water partition coefficient (Wildman–Crippen LogP) is 3.11. The molecule has 0 saturated carbocycles. The van der Waals surface area contributed by atoms with Gasteiger partial charge in [-0.15, -0.1) is 0 Å². The molecule has 0 unspecified atom stereocenters. The number of nitrogens with two attached hydrogens (primary N) is 1. The van der Waals surface area contributed by atoms with Crippen LogP contribution in [0.3, 0.4) is 0 Å². The summed E-state index contributed by atoms with van der Waals surface area (Å²) in [6.45, 7) is -0.0671. The van der Waals surface area contributed by atoms with E-state index < -0.39 is 17.6 Å². The molecule has 1 aromatic rings. The molecule has 3 N–H and O–H groups in total. The van der Waals surface area contributed by atoms with Gasteiger partial charge in [-0.3, -0.25) is 9.59 Å². The summed E-state index contributed by atoms with van der Waals surface area (Å²) < 4.78 is 38.0.